The number of fused-ring (bicyclic) bond motifs is 3. The number of aromatic nitrogens is 1. The van der Waals surface area contributed by atoms with Gasteiger partial charge in [0.05, 0.1) is 5.69 Å². The normalized spacial score (nSPS) is 18.3. The summed E-state index contributed by atoms with van der Waals surface area (Å²) in [7, 11) is 0. The Hall–Kier alpha value is -2.23. The average Bonchev–Trinajstić information content (AvgIpc) is 3.01. The van der Waals surface area contributed by atoms with E-state index in [0.29, 0.717) is 12.7 Å². The van der Waals surface area contributed by atoms with E-state index in [0.717, 1.165) is 22.1 Å². The minimum atomic E-state index is 0.440. The maximum absolute atomic E-state index is 6.12. The molecule has 104 valence electrons. The molecule has 0 saturated carbocycles. The summed E-state index contributed by atoms with van der Waals surface area (Å²) in [6.07, 6.45) is 4.00. The van der Waals surface area contributed by atoms with Gasteiger partial charge < -0.3 is 9.32 Å². The quantitative estimate of drug-likeness (QED) is 0.623. The standard InChI is InChI=1S/C17H17BN2O/c1-11-6-7-13-15-14(5-4-9-19-15)21-17(13)16(11)20-10-8-18(3)12(20)2/h4-10,12H,1-3H3/t12-/m0/s1. The van der Waals surface area contributed by atoms with Crippen molar-refractivity contribution in [1.82, 2.24) is 4.98 Å². The molecule has 0 amide bonds. The Morgan fingerprint density at radius 1 is 1.29 bits per heavy atom. The van der Waals surface area contributed by atoms with E-state index < -0.39 is 0 Å². The van der Waals surface area contributed by atoms with E-state index in [1.807, 2.05) is 18.3 Å². The smallest absolute Gasteiger partial charge is 0.191 e. The zero-order valence-corrected chi connectivity index (χ0v) is 12.5. The number of pyridine rings is 1. The fraction of sp³-hybridized carbons (Fsp3) is 0.235. The number of furan rings is 1. The molecule has 0 spiro atoms. The number of hydrogen-bond acceptors (Lipinski definition) is 3. The van der Waals surface area contributed by atoms with Gasteiger partial charge in [-0.3, -0.25) is 4.98 Å². The molecular weight excluding hydrogens is 259 g/mol. The first-order valence-electron chi connectivity index (χ1n) is 7.40. The number of anilines is 1. The molecule has 0 fully saturated rings. The van der Waals surface area contributed by atoms with Crippen LogP contribution in [0.4, 0.5) is 5.69 Å². The van der Waals surface area contributed by atoms with Crippen LogP contribution in [-0.4, -0.2) is 17.6 Å². The Morgan fingerprint density at radius 2 is 2.14 bits per heavy atom. The van der Waals surface area contributed by atoms with Crippen molar-refractivity contribution in [3.05, 3.63) is 48.2 Å². The number of hydrogen-bond donors (Lipinski definition) is 0. The summed E-state index contributed by atoms with van der Waals surface area (Å²) in [5.74, 6) is 2.69. The van der Waals surface area contributed by atoms with E-state index in [2.05, 4.69) is 54.9 Å². The molecule has 3 aromatic rings. The minimum Gasteiger partial charge on any atom is -0.452 e. The lowest BCUT2D eigenvalue weighted by Gasteiger charge is -2.26. The van der Waals surface area contributed by atoms with Gasteiger partial charge in [-0.15, -0.1) is 0 Å². The molecule has 1 aliphatic rings. The maximum Gasteiger partial charge on any atom is 0.191 e. The molecule has 0 unspecified atom stereocenters. The molecule has 0 aliphatic carbocycles. The second-order valence-corrected chi connectivity index (χ2v) is 5.91. The van der Waals surface area contributed by atoms with Crippen LogP contribution in [0.1, 0.15) is 12.5 Å². The molecule has 0 N–H and O–H groups in total. The maximum atomic E-state index is 6.12. The molecule has 1 aliphatic heterocycles. The molecular formula is C17H17BN2O. The van der Waals surface area contributed by atoms with Crippen molar-refractivity contribution < 1.29 is 4.42 Å². The lowest BCUT2D eigenvalue weighted by molar-refractivity contribution is 0.666. The molecule has 0 radical (unpaired) electrons. The lowest BCUT2D eigenvalue weighted by atomic mass is 9.48. The summed E-state index contributed by atoms with van der Waals surface area (Å²) in [4.78, 5) is 6.79. The van der Waals surface area contributed by atoms with Crippen molar-refractivity contribution in [2.24, 2.45) is 0 Å². The van der Waals surface area contributed by atoms with Gasteiger partial charge in [0.25, 0.3) is 0 Å². The Kier molecular flexibility index (Phi) is 2.61. The number of aryl methyl sites for hydroxylation is 1. The van der Waals surface area contributed by atoms with Gasteiger partial charge in [0.15, 0.2) is 17.9 Å². The summed E-state index contributed by atoms with van der Waals surface area (Å²) in [6, 6.07) is 8.16. The highest BCUT2D eigenvalue weighted by molar-refractivity contribution is 6.66. The molecule has 4 heteroatoms. The summed E-state index contributed by atoms with van der Waals surface area (Å²) < 4.78 is 6.12. The summed E-state index contributed by atoms with van der Waals surface area (Å²) in [6.45, 7) is 7.18. The van der Waals surface area contributed by atoms with Crippen LogP contribution in [-0.2, 0) is 0 Å². The molecule has 3 nitrogen and oxygen atoms in total. The van der Waals surface area contributed by atoms with E-state index in [1.54, 1.807) is 0 Å². The van der Waals surface area contributed by atoms with E-state index in [-0.39, 0.29) is 0 Å². The molecule has 1 aromatic carbocycles. The summed E-state index contributed by atoms with van der Waals surface area (Å²) in [5.41, 5.74) is 5.13. The van der Waals surface area contributed by atoms with Crippen LogP contribution in [0.25, 0.3) is 22.1 Å². The van der Waals surface area contributed by atoms with E-state index in [1.165, 1.54) is 11.3 Å². The van der Waals surface area contributed by atoms with Gasteiger partial charge in [0.1, 0.15) is 5.52 Å². The van der Waals surface area contributed by atoms with Crippen molar-refractivity contribution in [3.63, 3.8) is 0 Å². The zero-order valence-electron chi connectivity index (χ0n) is 12.5. The average molecular weight is 276 g/mol. The molecule has 1 atom stereocenters. The zero-order chi connectivity index (χ0) is 14.6. The van der Waals surface area contributed by atoms with Crippen molar-refractivity contribution in [2.45, 2.75) is 26.6 Å². The highest BCUT2D eigenvalue weighted by atomic mass is 16.3. The molecule has 0 bridgehead atoms. The van der Waals surface area contributed by atoms with Gasteiger partial charge >= 0.3 is 0 Å². The van der Waals surface area contributed by atoms with Crippen molar-refractivity contribution in [2.75, 3.05) is 4.90 Å². The number of nitrogens with zero attached hydrogens (tertiary/aromatic N) is 2. The van der Waals surface area contributed by atoms with E-state index in [9.17, 15) is 0 Å². The lowest BCUT2D eigenvalue weighted by Crippen LogP contribution is -2.33. The third kappa shape index (κ3) is 1.72. The first-order chi connectivity index (χ1) is 10.2. The first-order valence-corrected chi connectivity index (χ1v) is 7.40. The largest absolute Gasteiger partial charge is 0.452 e. The third-order valence-corrected chi connectivity index (χ3v) is 4.58. The van der Waals surface area contributed by atoms with Crippen LogP contribution in [0.3, 0.4) is 0 Å². The molecule has 2 aromatic heterocycles. The third-order valence-electron chi connectivity index (χ3n) is 4.58. The number of rotatable bonds is 1. The van der Waals surface area contributed by atoms with E-state index in [4.69, 9.17) is 4.42 Å². The van der Waals surface area contributed by atoms with Crippen molar-refractivity contribution in [3.8, 4) is 0 Å². The first kappa shape index (κ1) is 12.5. The monoisotopic (exact) mass is 276 g/mol. The number of benzene rings is 1. The van der Waals surface area contributed by atoms with Crippen LogP contribution in [0.2, 0.25) is 6.82 Å². The van der Waals surface area contributed by atoms with Crippen LogP contribution < -0.4 is 4.90 Å². The van der Waals surface area contributed by atoms with E-state index >= 15 is 0 Å². The molecule has 3 heterocycles. The Labute approximate surface area is 124 Å². The Morgan fingerprint density at radius 3 is 2.90 bits per heavy atom. The van der Waals surface area contributed by atoms with Crippen LogP contribution in [0, 0.1) is 6.92 Å². The fourth-order valence-electron chi connectivity index (χ4n) is 3.12. The highest BCUT2D eigenvalue weighted by Gasteiger charge is 2.28. The second kappa shape index (κ2) is 4.38. The topological polar surface area (TPSA) is 29.3 Å². The van der Waals surface area contributed by atoms with Crippen LogP contribution in [0.15, 0.2) is 47.1 Å². The molecule has 4 rings (SSSR count). The Balaban J connectivity index is 2.04. The second-order valence-electron chi connectivity index (χ2n) is 5.91. The van der Waals surface area contributed by atoms with Crippen molar-refractivity contribution >= 4 is 34.5 Å². The molecule has 0 saturated heterocycles. The summed E-state index contributed by atoms with van der Waals surface area (Å²) in [5, 5.41) is 1.09. The predicted octanol–water partition coefficient (Wildman–Crippen LogP) is 4.21. The van der Waals surface area contributed by atoms with Crippen LogP contribution >= 0.6 is 0 Å². The van der Waals surface area contributed by atoms with Crippen molar-refractivity contribution in [1.29, 1.82) is 0 Å². The molecule has 21 heavy (non-hydrogen) atoms. The minimum absolute atomic E-state index is 0.440. The van der Waals surface area contributed by atoms with Gasteiger partial charge in [-0.1, -0.05) is 25.8 Å². The SMILES string of the molecule is CB1C=CN(c2c(C)ccc3c2oc2cccnc23)[C@H]1C. The van der Waals surface area contributed by atoms with Gasteiger partial charge in [-0.2, -0.15) is 0 Å². The van der Waals surface area contributed by atoms with Crippen LogP contribution in [0.5, 0.6) is 0 Å². The van der Waals surface area contributed by atoms with Gasteiger partial charge in [-0.25, -0.2) is 0 Å². The fourth-order valence-corrected chi connectivity index (χ4v) is 3.12. The van der Waals surface area contributed by atoms with Gasteiger partial charge in [0.2, 0.25) is 0 Å². The predicted molar refractivity (Wildman–Crippen MR) is 89.0 cm³/mol. The summed E-state index contributed by atoms with van der Waals surface area (Å²) >= 11 is 0. The van der Waals surface area contributed by atoms with Gasteiger partial charge in [0, 0.05) is 17.5 Å². The highest BCUT2D eigenvalue weighted by Crippen LogP contribution is 2.38. The Bertz CT molecular complexity index is 868. The van der Waals surface area contributed by atoms with Gasteiger partial charge in [-0.05, 0) is 36.9 Å².